The van der Waals surface area contributed by atoms with E-state index in [-0.39, 0.29) is 6.10 Å². The summed E-state index contributed by atoms with van der Waals surface area (Å²) >= 11 is 5.90. The Hall–Kier alpha value is -1.06. The lowest BCUT2D eigenvalue weighted by atomic mass is 9.92. The van der Waals surface area contributed by atoms with E-state index in [2.05, 4.69) is 0 Å². The lowest BCUT2D eigenvalue weighted by Crippen LogP contribution is -2.15. The number of hydrogen-bond acceptors (Lipinski definition) is 2. The first-order valence-corrected chi connectivity index (χ1v) is 6.64. The summed E-state index contributed by atoms with van der Waals surface area (Å²) in [7, 11) is 0. The van der Waals surface area contributed by atoms with Crippen molar-refractivity contribution in [1.82, 2.24) is 0 Å². The predicted octanol–water partition coefficient (Wildman–Crippen LogP) is 3.47. The molecule has 1 aromatic rings. The zero-order chi connectivity index (χ0) is 13.0. The van der Waals surface area contributed by atoms with Gasteiger partial charge in [-0.25, -0.2) is 0 Å². The fourth-order valence-electron chi connectivity index (χ4n) is 2.38. The van der Waals surface area contributed by atoms with Crippen LogP contribution in [-0.2, 0) is 9.53 Å². The molecule has 0 saturated carbocycles. The van der Waals surface area contributed by atoms with Gasteiger partial charge in [0.15, 0.2) is 0 Å². The fourth-order valence-corrected chi connectivity index (χ4v) is 2.58. The molecule has 2 unspecified atom stereocenters. The van der Waals surface area contributed by atoms with Gasteiger partial charge in [0.1, 0.15) is 0 Å². The number of carboxylic acid groups (broad SMARTS) is 1. The third-order valence-corrected chi connectivity index (χ3v) is 3.59. The Labute approximate surface area is 112 Å². The van der Waals surface area contributed by atoms with Crippen molar-refractivity contribution in [3.63, 3.8) is 0 Å². The second kappa shape index (κ2) is 6.21. The van der Waals surface area contributed by atoms with Crippen LogP contribution in [0, 0.1) is 0 Å². The topological polar surface area (TPSA) is 46.5 Å². The maximum atomic E-state index is 11.3. The molecule has 0 bridgehead atoms. The molecule has 2 rings (SSSR count). The van der Waals surface area contributed by atoms with Gasteiger partial charge >= 0.3 is 5.97 Å². The molecule has 1 heterocycles. The van der Waals surface area contributed by atoms with E-state index in [1.165, 1.54) is 0 Å². The van der Waals surface area contributed by atoms with Crippen LogP contribution in [0.5, 0.6) is 0 Å². The molecule has 98 valence electrons. The molecular formula is C14H17ClO3. The smallest absolute Gasteiger partial charge is 0.310 e. The number of ether oxygens (including phenoxy) is 1. The minimum Gasteiger partial charge on any atom is -0.481 e. The Bertz CT molecular complexity index is 413. The first-order valence-electron chi connectivity index (χ1n) is 6.26. The summed E-state index contributed by atoms with van der Waals surface area (Å²) in [5.41, 5.74) is 0.771. The van der Waals surface area contributed by atoms with Crippen molar-refractivity contribution in [3.05, 3.63) is 34.9 Å². The normalized spacial score (nSPS) is 20.8. The number of aliphatic carboxylic acids is 1. The fraction of sp³-hybridized carbons (Fsp3) is 0.500. The van der Waals surface area contributed by atoms with Crippen LogP contribution in [0.3, 0.4) is 0 Å². The van der Waals surface area contributed by atoms with E-state index in [0.29, 0.717) is 11.4 Å². The lowest BCUT2D eigenvalue weighted by Gasteiger charge is -2.15. The molecular weight excluding hydrogens is 252 g/mol. The average molecular weight is 269 g/mol. The van der Waals surface area contributed by atoms with E-state index in [1.807, 2.05) is 6.07 Å². The standard InChI is InChI=1S/C14H17ClO3/c15-11-4-1-3-10(9-11)13(14(16)17)7-6-12-5-2-8-18-12/h1,3-4,9,12-13H,2,5-8H2,(H,16,17). The minimum absolute atomic E-state index is 0.228. The Morgan fingerprint density at radius 3 is 3.00 bits per heavy atom. The minimum atomic E-state index is -0.796. The van der Waals surface area contributed by atoms with Crippen LogP contribution in [0.2, 0.25) is 5.02 Å². The van der Waals surface area contributed by atoms with Gasteiger partial charge in [-0.05, 0) is 43.4 Å². The maximum Gasteiger partial charge on any atom is 0.310 e. The zero-order valence-electron chi connectivity index (χ0n) is 10.1. The first kappa shape index (κ1) is 13.4. The Kier molecular flexibility index (Phi) is 4.61. The van der Waals surface area contributed by atoms with E-state index in [9.17, 15) is 9.90 Å². The second-order valence-corrected chi connectivity index (χ2v) is 5.09. The van der Waals surface area contributed by atoms with Gasteiger partial charge in [-0.2, -0.15) is 0 Å². The molecule has 1 N–H and O–H groups in total. The SMILES string of the molecule is O=C(O)C(CCC1CCCO1)c1cccc(Cl)c1. The van der Waals surface area contributed by atoms with E-state index >= 15 is 0 Å². The molecule has 1 saturated heterocycles. The van der Waals surface area contributed by atoms with Crippen LogP contribution in [0.15, 0.2) is 24.3 Å². The largest absolute Gasteiger partial charge is 0.481 e. The number of carboxylic acids is 1. The molecule has 3 nitrogen and oxygen atoms in total. The van der Waals surface area contributed by atoms with Gasteiger partial charge in [0.2, 0.25) is 0 Å². The van der Waals surface area contributed by atoms with Crippen molar-refractivity contribution in [3.8, 4) is 0 Å². The predicted molar refractivity (Wildman–Crippen MR) is 70.0 cm³/mol. The molecule has 0 aromatic heterocycles. The average Bonchev–Trinajstić information content (AvgIpc) is 2.82. The molecule has 0 spiro atoms. The molecule has 0 aliphatic carbocycles. The number of carbonyl (C=O) groups is 1. The molecule has 1 aliphatic rings. The molecule has 1 fully saturated rings. The van der Waals surface area contributed by atoms with Crippen LogP contribution >= 0.6 is 11.6 Å². The summed E-state index contributed by atoms with van der Waals surface area (Å²) in [6.45, 7) is 0.805. The summed E-state index contributed by atoms with van der Waals surface area (Å²) in [5.74, 6) is -1.29. The van der Waals surface area contributed by atoms with Crippen LogP contribution in [0.1, 0.15) is 37.2 Å². The lowest BCUT2D eigenvalue weighted by molar-refractivity contribution is -0.139. The van der Waals surface area contributed by atoms with Gasteiger partial charge in [-0.3, -0.25) is 4.79 Å². The van der Waals surface area contributed by atoms with Gasteiger partial charge in [-0.15, -0.1) is 0 Å². The van der Waals surface area contributed by atoms with Gasteiger partial charge in [0.25, 0.3) is 0 Å². The summed E-state index contributed by atoms with van der Waals surface area (Å²) in [6, 6.07) is 7.10. The highest BCUT2D eigenvalue weighted by molar-refractivity contribution is 6.30. The second-order valence-electron chi connectivity index (χ2n) is 4.66. The van der Waals surface area contributed by atoms with Crippen molar-refractivity contribution < 1.29 is 14.6 Å². The van der Waals surface area contributed by atoms with Crippen molar-refractivity contribution in [2.24, 2.45) is 0 Å². The van der Waals surface area contributed by atoms with E-state index in [1.54, 1.807) is 18.2 Å². The van der Waals surface area contributed by atoms with Gasteiger partial charge in [0, 0.05) is 11.6 Å². The Balaban J connectivity index is 2.01. The third-order valence-electron chi connectivity index (χ3n) is 3.35. The molecule has 1 aromatic carbocycles. The van der Waals surface area contributed by atoms with Crippen LogP contribution in [0.25, 0.3) is 0 Å². The summed E-state index contributed by atoms with van der Waals surface area (Å²) in [4.78, 5) is 11.3. The van der Waals surface area contributed by atoms with Gasteiger partial charge in [0.05, 0.1) is 12.0 Å². The monoisotopic (exact) mass is 268 g/mol. The van der Waals surface area contributed by atoms with Gasteiger partial charge < -0.3 is 9.84 Å². The van der Waals surface area contributed by atoms with Gasteiger partial charge in [-0.1, -0.05) is 23.7 Å². The first-order chi connectivity index (χ1) is 8.66. The van der Waals surface area contributed by atoms with Crippen molar-refractivity contribution in [2.75, 3.05) is 6.61 Å². The van der Waals surface area contributed by atoms with Crippen molar-refractivity contribution in [1.29, 1.82) is 0 Å². The number of hydrogen-bond donors (Lipinski definition) is 1. The van der Waals surface area contributed by atoms with Crippen molar-refractivity contribution in [2.45, 2.75) is 37.7 Å². The Morgan fingerprint density at radius 2 is 2.39 bits per heavy atom. The quantitative estimate of drug-likeness (QED) is 0.889. The van der Waals surface area contributed by atoms with Crippen LogP contribution in [-0.4, -0.2) is 23.8 Å². The van der Waals surface area contributed by atoms with Crippen LogP contribution < -0.4 is 0 Å². The van der Waals surface area contributed by atoms with Crippen LogP contribution in [0.4, 0.5) is 0 Å². The molecule has 18 heavy (non-hydrogen) atoms. The molecule has 1 aliphatic heterocycles. The highest BCUT2D eigenvalue weighted by Crippen LogP contribution is 2.27. The summed E-state index contributed by atoms with van der Waals surface area (Å²) < 4.78 is 5.52. The maximum absolute atomic E-state index is 11.3. The van der Waals surface area contributed by atoms with E-state index in [4.69, 9.17) is 16.3 Å². The third kappa shape index (κ3) is 3.47. The number of halogens is 1. The number of rotatable bonds is 5. The van der Waals surface area contributed by atoms with Crippen molar-refractivity contribution >= 4 is 17.6 Å². The molecule has 0 amide bonds. The Morgan fingerprint density at radius 1 is 1.56 bits per heavy atom. The van der Waals surface area contributed by atoms with E-state index in [0.717, 1.165) is 31.4 Å². The number of benzene rings is 1. The highest BCUT2D eigenvalue weighted by atomic mass is 35.5. The summed E-state index contributed by atoms with van der Waals surface area (Å²) in [5, 5.41) is 9.89. The highest BCUT2D eigenvalue weighted by Gasteiger charge is 2.23. The zero-order valence-corrected chi connectivity index (χ0v) is 10.9. The molecule has 4 heteroatoms. The molecule has 2 atom stereocenters. The summed E-state index contributed by atoms with van der Waals surface area (Å²) in [6.07, 6.45) is 3.75. The molecule has 0 radical (unpaired) electrons. The van der Waals surface area contributed by atoms with E-state index < -0.39 is 11.9 Å².